The van der Waals surface area contributed by atoms with Crippen LogP contribution in [0.1, 0.15) is 31.0 Å². The molecule has 7 heteroatoms. The molecule has 106 valence electrons. The number of aliphatic carboxylic acids is 1. The molecule has 0 aromatic heterocycles. The zero-order chi connectivity index (χ0) is 14.8. The van der Waals surface area contributed by atoms with Crippen LogP contribution in [-0.4, -0.2) is 17.1 Å². The van der Waals surface area contributed by atoms with Gasteiger partial charge in [0.05, 0.1) is 5.56 Å². The monoisotopic (exact) mass is 279 g/mol. The van der Waals surface area contributed by atoms with Crippen LogP contribution >= 0.6 is 0 Å². The number of hydrogen-bond donors (Lipinski definition) is 2. The van der Waals surface area contributed by atoms with Gasteiger partial charge in [0.2, 0.25) is 0 Å². The lowest BCUT2D eigenvalue weighted by Crippen LogP contribution is -2.33. The van der Waals surface area contributed by atoms with Crippen molar-refractivity contribution in [2.24, 2.45) is 0 Å². The number of alkyl halides is 3. The number of benzene rings is 1. The van der Waals surface area contributed by atoms with Crippen LogP contribution < -0.4 is 5.32 Å². The maximum absolute atomic E-state index is 13.1. The van der Waals surface area contributed by atoms with E-state index in [1.165, 1.54) is 0 Å². The molecule has 1 atom stereocenters. The summed E-state index contributed by atoms with van der Waals surface area (Å²) in [6, 6.07) is 0.598. The predicted octanol–water partition coefficient (Wildman–Crippen LogP) is 2.97. The van der Waals surface area contributed by atoms with E-state index in [0.717, 1.165) is 6.07 Å². The number of carbonyl (C=O) groups is 1. The van der Waals surface area contributed by atoms with Gasteiger partial charge in [0, 0.05) is 6.04 Å². The molecule has 0 saturated heterocycles. The topological polar surface area (TPSA) is 49.3 Å². The highest BCUT2D eigenvalue weighted by atomic mass is 19.4. The molecule has 19 heavy (non-hydrogen) atoms. The van der Waals surface area contributed by atoms with Gasteiger partial charge in [-0.05, 0) is 31.5 Å². The second-order valence-electron chi connectivity index (χ2n) is 4.33. The van der Waals surface area contributed by atoms with E-state index >= 15 is 0 Å². The zero-order valence-corrected chi connectivity index (χ0v) is 10.3. The van der Waals surface area contributed by atoms with Gasteiger partial charge in [0.25, 0.3) is 0 Å². The van der Waals surface area contributed by atoms with Crippen LogP contribution in [-0.2, 0) is 11.0 Å². The first-order chi connectivity index (χ1) is 8.62. The molecule has 3 nitrogen and oxygen atoms in total. The van der Waals surface area contributed by atoms with Gasteiger partial charge in [-0.3, -0.25) is 10.1 Å². The Morgan fingerprint density at radius 1 is 1.32 bits per heavy atom. The fourth-order valence-corrected chi connectivity index (χ4v) is 1.58. The third-order valence-corrected chi connectivity index (χ3v) is 2.38. The molecule has 1 aromatic rings. The Labute approximate surface area is 107 Å². The molecule has 0 saturated carbocycles. The molecule has 1 unspecified atom stereocenters. The lowest BCUT2D eigenvalue weighted by molar-refractivity contribution is -0.142. The number of rotatable bonds is 4. The average Bonchev–Trinajstić information content (AvgIpc) is 2.24. The fourth-order valence-electron chi connectivity index (χ4n) is 1.58. The van der Waals surface area contributed by atoms with Crippen LogP contribution in [0.5, 0.6) is 0 Å². The number of hydrogen-bond acceptors (Lipinski definition) is 2. The molecule has 1 rings (SSSR count). The molecular weight excluding hydrogens is 266 g/mol. The van der Waals surface area contributed by atoms with Crippen molar-refractivity contribution < 1.29 is 27.5 Å². The Balaban J connectivity index is 3.22. The average molecular weight is 279 g/mol. The van der Waals surface area contributed by atoms with E-state index in [1.807, 2.05) is 0 Å². The number of carboxylic acid groups (broad SMARTS) is 1. The molecule has 0 spiro atoms. The van der Waals surface area contributed by atoms with Crippen molar-refractivity contribution in [3.8, 4) is 0 Å². The summed E-state index contributed by atoms with van der Waals surface area (Å²) in [6.45, 7) is 3.31. The SMILES string of the molecule is CC(C)NC(C(=O)O)c1ccc(F)c(C(F)(F)F)c1. The van der Waals surface area contributed by atoms with Gasteiger partial charge in [-0.25, -0.2) is 4.39 Å². The molecule has 0 heterocycles. The summed E-state index contributed by atoms with van der Waals surface area (Å²) < 4.78 is 50.7. The predicted molar refractivity (Wildman–Crippen MR) is 60.1 cm³/mol. The maximum Gasteiger partial charge on any atom is 0.419 e. The smallest absolute Gasteiger partial charge is 0.419 e. The first-order valence-corrected chi connectivity index (χ1v) is 5.48. The maximum atomic E-state index is 13.1. The summed E-state index contributed by atoms with van der Waals surface area (Å²) in [6.07, 6.45) is -4.86. The van der Waals surface area contributed by atoms with Crippen LogP contribution in [0.15, 0.2) is 18.2 Å². The summed E-state index contributed by atoms with van der Waals surface area (Å²) in [5.74, 6) is -2.75. The Bertz CT molecular complexity index is 471. The minimum atomic E-state index is -4.86. The Hall–Kier alpha value is -1.63. The van der Waals surface area contributed by atoms with Gasteiger partial charge in [0.15, 0.2) is 0 Å². The summed E-state index contributed by atoms with van der Waals surface area (Å²) in [5.41, 5.74) is -1.61. The molecular formula is C12H13F4NO2. The van der Waals surface area contributed by atoms with Crippen molar-refractivity contribution in [1.82, 2.24) is 5.32 Å². The molecule has 0 amide bonds. The van der Waals surface area contributed by atoms with Crippen LogP contribution in [0.4, 0.5) is 17.6 Å². The van der Waals surface area contributed by atoms with Gasteiger partial charge >= 0.3 is 12.1 Å². The van der Waals surface area contributed by atoms with E-state index in [0.29, 0.717) is 12.1 Å². The minimum Gasteiger partial charge on any atom is -0.480 e. The highest BCUT2D eigenvalue weighted by Gasteiger charge is 2.35. The molecule has 0 aliphatic heterocycles. The molecule has 0 fully saturated rings. The normalized spacial score (nSPS) is 13.6. The second-order valence-corrected chi connectivity index (χ2v) is 4.33. The highest BCUT2D eigenvalue weighted by molar-refractivity contribution is 5.75. The van der Waals surface area contributed by atoms with Crippen molar-refractivity contribution >= 4 is 5.97 Å². The Morgan fingerprint density at radius 2 is 1.89 bits per heavy atom. The summed E-state index contributed by atoms with van der Waals surface area (Å²) in [7, 11) is 0. The van der Waals surface area contributed by atoms with Gasteiger partial charge < -0.3 is 5.11 Å². The van der Waals surface area contributed by atoms with Crippen molar-refractivity contribution in [3.63, 3.8) is 0 Å². The molecule has 0 aliphatic carbocycles. The quantitative estimate of drug-likeness (QED) is 0.833. The summed E-state index contributed by atoms with van der Waals surface area (Å²) in [4.78, 5) is 11.0. The fraction of sp³-hybridized carbons (Fsp3) is 0.417. The lowest BCUT2D eigenvalue weighted by Gasteiger charge is -2.19. The van der Waals surface area contributed by atoms with Crippen molar-refractivity contribution in [1.29, 1.82) is 0 Å². The first-order valence-electron chi connectivity index (χ1n) is 5.48. The van der Waals surface area contributed by atoms with Gasteiger partial charge in [-0.1, -0.05) is 6.07 Å². The van der Waals surface area contributed by atoms with E-state index in [4.69, 9.17) is 5.11 Å². The third kappa shape index (κ3) is 3.92. The first kappa shape index (κ1) is 15.4. The molecule has 0 bridgehead atoms. The third-order valence-electron chi connectivity index (χ3n) is 2.38. The van der Waals surface area contributed by atoms with Gasteiger partial charge in [-0.2, -0.15) is 13.2 Å². The molecule has 1 aromatic carbocycles. The van der Waals surface area contributed by atoms with E-state index in [1.54, 1.807) is 13.8 Å². The molecule has 2 N–H and O–H groups in total. The van der Waals surface area contributed by atoms with Crippen LogP contribution in [0.2, 0.25) is 0 Å². The number of halogens is 4. The number of carboxylic acids is 1. The molecule has 0 aliphatic rings. The van der Waals surface area contributed by atoms with Crippen LogP contribution in [0, 0.1) is 5.82 Å². The lowest BCUT2D eigenvalue weighted by atomic mass is 10.0. The highest BCUT2D eigenvalue weighted by Crippen LogP contribution is 2.33. The molecule has 0 radical (unpaired) electrons. The van der Waals surface area contributed by atoms with Crippen LogP contribution in [0.25, 0.3) is 0 Å². The Kier molecular flexibility index (Phi) is 4.52. The van der Waals surface area contributed by atoms with E-state index in [9.17, 15) is 22.4 Å². The Morgan fingerprint density at radius 3 is 2.32 bits per heavy atom. The van der Waals surface area contributed by atoms with Gasteiger partial charge in [-0.15, -0.1) is 0 Å². The zero-order valence-electron chi connectivity index (χ0n) is 10.3. The van der Waals surface area contributed by atoms with E-state index in [2.05, 4.69) is 5.32 Å². The van der Waals surface area contributed by atoms with E-state index < -0.39 is 29.6 Å². The number of nitrogens with one attached hydrogen (secondary N) is 1. The van der Waals surface area contributed by atoms with Crippen molar-refractivity contribution in [2.45, 2.75) is 32.1 Å². The van der Waals surface area contributed by atoms with E-state index in [-0.39, 0.29) is 11.6 Å². The largest absolute Gasteiger partial charge is 0.480 e. The minimum absolute atomic E-state index is 0.144. The summed E-state index contributed by atoms with van der Waals surface area (Å²) in [5, 5.41) is 11.6. The van der Waals surface area contributed by atoms with Crippen LogP contribution in [0.3, 0.4) is 0 Å². The second kappa shape index (κ2) is 5.56. The van der Waals surface area contributed by atoms with Gasteiger partial charge in [0.1, 0.15) is 11.9 Å². The standard InChI is InChI=1S/C12H13F4NO2/c1-6(2)17-10(11(18)19)7-3-4-9(13)8(5-7)12(14,15)16/h3-6,10,17H,1-2H3,(H,18,19). The van der Waals surface area contributed by atoms with Crippen molar-refractivity contribution in [3.05, 3.63) is 35.1 Å². The summed E-state index contributed by atoms with van der Waals surface area (Å²) >= 11 is 0. The van der Waals surface area contributed by atoms with Crippen molar-refractivity contribution in [2.75, 3.05) is 0 Å².